The van der Waals surface area contributed by atoms with Gasteiger partial charge in [-0.2, -0.15) is 0 Å². The van der Waals surface area contributed by atoms with Crippen LogP contribution in [0.2, 0.25) is 0 Å². The van der Waals surface area contributed by atoms with E-state index in [0.717, 1.165) is 19.3 Å². The summed E-state index contributed by atoms with van der Waals surface area (Å²) in [6, 6.07) is 0. The first-order valence-corrected chi connectivity index (χ1v) is 5.17. The molecule has 0 aromatic heterocycles. The third-order valence-corrected chi connectivity index (χ3v) is 1.79. The number of aliphatic hydroxyl groups excluding tert-OH is 4. The monoisotopic (exact) mass is 208 g/mol. The molecular formula is C10H24O4. The third-order valence-electron chi connectivity index (χ3n) is 1.79. The van der Waals surface area contributed by atoms with Crippen LogP contribution in [0.5, 0.6) is 0 Å². The van der Waals surface area contributed by atoms with E-state index in [1.807, 2.05) is 6.92 Å². The summed E-state index contributed by atoms with van der Waals surface area (Å²) in [4.78, 5) is 0. The van der Waals surface area contributed by atoms with Crippen LogP contribution in [0.3, 0.4) is 0 Å². The minimum Gasteiger partial charge on any atom is -0.396 e. The lowest BCUT2D eigenvalue weighted by Gasteiger charge is -2.08. The molecule has 0 aliphatic rings. The first kappa shape index (κ1) is 16.3. The van der Waals surface area contributed by atoms with Crippen molar-refractivity contribution in [1.82, 2.24) is 0 Å². The van der Waals surface area contributed by atoms with Gasteiger partial charge in [-0.1, -0.05) is 6.92 Å². The molecule has 0 heterocycles. The van der Waals surface area contributed by atoms with E-state index in [9.17, 15) is 0 Å². The molecule has 2 unspecified atom stereocenters. The smallest absolute Gasteiger partial charge is 0.0793 e. The van der Waals surface area contributed by atoms with Crippen molar-refractivity contribution in [2.45, 2.75) is 51.7 Å². The molecule has 2 atom stereocenters. The minimum atomic E-state index is -0.579. The van der Waals surface area contributed by atoms with Gasteiger partial charge in [0.1, 0.15) is 0 Å². The maximum absolute atomic E-state index is 8.69. The van der Waals surface area contributed by atoms with Crippen molar-refractivity contribution in [1.29, 1.82) is 0 Å². The molecule has 4 heteroatoms. The summed E-state index contributed by atoms with van der Waals surface area (Å²) >= 11 is 0. The van der Waals surface area contributed by atoms with E-state index in [0.29, 0.717) is 6.42 Å². The molecule has 0 radical (unpaired) electrons. The predicted molar refractivity (Wildman–Crippen MR) is 56.0 cm³/mol. The summed E-state index contributed by atoms with van der Waals surface area (Å²) in [7, 11) is 0. The molecule has 0 amide bonds. The SMILES string of the molecule is CCC(O)C(C)O.OCCCCCO. The number of unbranched alkanes of at least 4 members (excludes halogenated alkanes) is 2. The van der Waals surface area contributed by atoms with Gasteiger partial charge >= 0.3 is 0 Å². The van der Waals surface area contributed by atoms with Crippen molar-refractivity contribution >= 4 is 0 Å². The van der Waals surface area contributed by atoms with Gasteiger partial charge in [0.2, 0.25) is 0 Å². The molecule has 0 aromatic rings. The van der Waals surface area contributed by atoms with Crippen LogP contribution < -0.4 is 0 Å². The Morgan fingerprint density at radius 2 is 1.36 bits per heavy atom. The Bertz CT molecular complexity index is 92.1. The van der Waals surface area contributed by atoms with Crippen molar-refractivity contribution in [3.05, 3.63) is 0 Å². The van der Waals surface area contributed by atoms with Crippen LogP contribution in [0.4, 0.5) is 0 Å². The Morgan fingerprint density at radius 3 is 1.50 bits per heavy atom. The molecule has 0 aliphatic carbocycles. The fourth-order valence-corrected chi connectivity index (χ4v) is 0.741. The molecule has 4 nitrogen and oxygen atoms in total. The van der Waals surface area contributed by atoms with Gasteiger partial charge in [0.25, 0.3) is 0 Å². The summed E-state index contributed by atoms with van der Waals surface area (Å²) in [5.41, 5.74) is 0. The van der Waals surface area contributed by atoms with Gasteiger partial charge in [0, 0.05) is 13.2 Å². The summed E-state index contributed by atoms with van der Waals surface area (Å²) in [6.45, 7) is 3.91. The first-order chi connectivity index (χ1) is 6.59. The highest BCUT2D eigenvalue weighted by atomic mass is 16.3. The van der Waals surface area contributed by atoms with Gasteiger partial charge < -0.3 is 20.4 Å². The highest BCUT2D eigenvalue weighted by Gasteiger charge is 2.05. The normalized spacial score (nSPS) is 14.1. The van der Waals surface area contributed by atoms with Gasteiger partial charge in [0.05, 0.1) is 12.2 Å². The van der Waals surface area contributed by atoms with Crippen LogP contribution in [-0.4, -0.2) is 45.8 Å². The van der Waals surface area contributed by atoms with Crippen molar-refractivity contribution in [3.63, 3.8) is 0 Å². The van der Waals surface area contributed by atoms with Gasteiger partial charge in [-0.25, -0.2) is 0 Å². The molecular weight excluding hydrogens is 184 g/mol. The van der Waals surface area contributed by atoms with E-state index in [-0.39, 0.29) is 13.2 Å². The second-order valence-electron chi connectivity index (χ2n) is 3.22. The van der Waals surface area contributed by atoms with Gasteiger partial charge in [0.15, 0.2) is 0 Å². The summed E-state index contributed by atoms with van der Waals surface area (Å²) in [6.07, 6.45) is 2.08. The topological polar surface area (TPSA) is 80.9 Å². The lowest BCUT2D eigenvalue weighted by molar-refractivity contribution is 0.0294. The molecule has 0 saturated carbocycles. The zero-order chi connectivity index (χ0) is 11.4. The zero-order valence-corrected chi connectivity index (χ0v) is 9.19. The average molecular weight is 208 g/mol. The van der Waals surface area contributed by atoms with E-state index in [1.165, 1.54) is 0 Å². The summed E-state index contributed by atoms with van der Waals surface area (Å²) in [5, 5.41) is 33.7. The molecule has 0 bridgehead atoms. The highest BCUT2D eigenvalue weighted by molar-refractivity contribution is 4.56. The maximum atomic E-state index is 8.69. The molecule has 4 N–H and O–H groups in total. The number of hydrogen-bond donors (Lipinski definition) is 4. The Hall–Kier alpha value is -0.160. The van der Waals surface area contributed by atoms with Crippen LogP contribution in [0.1, 0.15) is 39.5 Å². The predicted octanol–water partition coefficient (Wildman–Crippen LogP) is 0.279. The Morgan fingerprint density at radius 1 is 0.929 bits per heavy atom. The van der Waals surface area contributed by atoms with Gasteiger partial charge in [-0.05, 0) is 32.6 Å². The standard InChI is InChI=1S/2C5H12O2/c1-3-5(7)4(2)6;6-4-2-1-3-5-7/h4-7H,3H2,1-2H3;6-7H,1-5H2. The second kappa shape index (κ2) is 12.8. The maximum Gasteiger partial charge on any atom is 0.0793 e. The van der Waals surface area contributed by atoms with E-state index >= 15 is 0 Å². The molecule has 14 heavy (non-hydrogen) atoms. The first-order valence-electron chi connectivity index (χ1n) is 5.17. The fraction of sp³-hybridized carbons (Fsp3) is 1.00. The molecule has 88 valence electrons. The Kier molecular flexibility index (Phi) is 14.9. The molecule has 0 spiro atoms. The second-order valence-corrected chi connectivity index (χ2v) is 3.22. The van der Waals surface area contributed by atoms with E-state index in [4.69, 9.17) is 20.4 Å². The summed E-state index contributed by atoms with van der Waals surface area (Å²) in [5.74, 6) is 0. The minimum absolute atomic E-state index is 0.250. The molecule has 0 rings (SSSR count). The molecule has 0 aromatic carbocycles. The van der Waals surface area contributed by atoms with E-state index in [1.54, 1.807) is 6.92 Å². The van der Waals surface area contributed by atoms with Crippen LogP contribution >= 0.6 is 0 Å². The lowest BCUT2D eigenvalue weighted by Crippen LogP contribution is -2.20. The zero-order valence-electron chi connectivity index (χ0n) is 9.19. The Balaban J connectivity index is 0. The van der Waals surface area contributed by atoms with E-state index < -0.39 is 12.2 Å². The van der Waals surface area contributed by atoms with Crippen LogP contribution in [-0.2, 0) is 0 Å². The molecule has 0 fully saturated rings. The van der Waals surface area contributed by atoms with E-state index in [2.05, 4.69) is 0 Å². The van der Waals surface area contributed by atoms with Crippen molar-refractivity contribution in [2.75, 3.05) is 13.2 Å². The van der Waals surface area contributed by atoms with Crippen LogP contribution in [0, 0.1) is 0 Å². The largest absolute Gasteiger partial charge is 0.396 e. The van der Waals surface area contributed by atoms with Crippen molar-refractivity contribution in [2.24, 2.45) is 0 Å². The molecule has 0 aliphatic heterocycles. The van der Waals surface area contributed by atoms with Crippen LogP contribution in [0.15, 0.2) is 0 Å². The summed E-state index contributed by atoms with van der Waals surface area (Å²) < 4.78 is 0. The number of rotatable bonds is 6. The average Bonchev–Trinajstić information content (AvgIpc) is 2.18. The van der Waals surface area contributed by atoms with Gasteiger partial charge in [-0.3, -0.25) is 0 Å². The Labute approximate surface area is 86.2 Å². The quantitative estimate of drug-likeness (QED) is 0.473. The highest BCUT2D eigenvalue weighted by Crippen LogP contribution is 1.94. The number of aliphatic hydroxyl groups is 4. The lowest BCUT2D eigenvalue weighted by atomic mass is 10.2. The van der Waals surface area contributed by atoms with Crippen LogP contribution in [0.25, 0.3) is 0 Å². The van der Waals surface area contributed by atoms with Crippen molar-refractivity contribution < 1.29 is 20.4 Å². The number of hydrogen-bond acceptors (Lipinski definition) is 4. The third kappa shape index (κ3) is 14.4. The van der Waals surface area contributed by atoms with Gasteiger partial charge in [-0.15, -0.1) is 0 Å². The van der Waals surface area contributed by atoms with Crippen molar-refractivity contribution in [3.8, 4) is 0 Å². The molecule has 0 saturated heterocycles. The fourth-order valence-electron chi connectivity index (χ4n) is 0.741.